The van der Waals surface area contributed by atoms with Gasteiger partial charge in [0.15, 0.2) is 11.5 Å². The molecular weight excluding hydrogens is 322 g/mol. The van der Waals surface area contributed by atoms with Crippen molar-refractivity contribution in [3.8, 4) is 11.5 Å². The number of carbonyl (C=O) groups is 1. The molecule has 0 spiro atoms. The molecule has 1 aromatic carbocycles. The van der Waals surface area contributed by atoms with Crippen molar-refractivity contribution < 1.29 is 27.8 Å². The van der Waals surface area contributed by atoms with Crippen LogP contribution in [0.25, 0.3) is 0 Å². The van der Waals surface area contributed by atoms with Gasteiger partial charge in [-0.2, -0.15) is 4.31 Å². The SMILES string of the molecule is Cc1cc2c(cc1S(=O)(=O)N1CC(C)CC(C(=O)O)C1)OCO2. The number of piperidine rings is 1. The van der Waals surface area contributed by atoms with Crippen LogP contribution in [0, 0.1) is 18.8 Å². The summed E-state index contributed by atoms with van der Waals surface area (Å²) in [5.41, 5.74) is 0.555. The topological polar surface area (TPSA) is 93.1 Å². The first-order chi connectivity index (χ1) is 10.8. The maximum Gasteiger partial charge on any atom is 0.307 e. The molecule has 0 aromatic heterocycles. The maximum atomic E-state index is 13.0. The highest BCUT2D eigenvalue weighted by molar-refractivity contribution is 7.89. The number of hydrogen-bond acceptors (Lipinski definition) is 5. The molecule has 1 N–H and O–H groups in total. The number of ether oxygens (including phenoxy) is 2. The molecule has 2 atom stereocenters. The van der Waals surface area contributed by atoms with Crippen LogP contribution in [-0.2, 0) is 14.8 Å². The van der Waals surface area contributed by atoms with E-state index in [-0.39, 0.29) is 24.2 Å². The first-order valence-electron chi connectivity index (χ1n) is 7.42. The third-order valence-electron chi connectivity index (χ3n) is 4.26. The van der Waals surface area contributed by atoms with E-state index >= 15 is 0 Å². The Balaban J connectivity index is 1.96. The zero-order valence-corrected chi connectivity index (χ0v) is 13.8. The van der Waals surface area contributed by atoms with E-state index in [1.807, 2.05) is 6.92 Å². The Bertz CT molecular complexity index is 745. The largest absolute Gasteiger partial charge is 0.481 e. The Morgan fingerprint density at radius 2 is 1.91 bits per heavy atom. The van der Waals surface area contributed by atoms with Crippen molar-refractivity contribution in [1.82, 2.24) is 4.31 Å². The molecule has 23 heavy (non-hydrogen) atoms. The molecule has 0 saturated carbocycles. The second-order valence-electron chi connectivity index (χ2n) is 6.17. The molecule has 1 aromatic rings. The molecule has 1 fully saturated rings. The summed E-state index contributed by atoms with van der Waals surface area (Å²) in [4.78, 5) is 11.4. The number of hydrogen-bond donors (Lipinski definition) is 1. The lowest BCUT2D eigenvalue weighted by atomic mass is 9.92. The Labute approximate surface area is 134 Å². The Hall–Kier alpha value is -1.80. The number of fused-ring (bicyclic) bond motifs is 1. The quantitative estimate of drug-likeness (QED) is 0.894. The van der Waals surface area contributed by atoms with Gasteiger partial charge in [-0.3, -0.25) is 4.79 Å². The standard InChI is InChI=1S/C15H19NO6S/c1-9-3-11(15(17)18)7-16(6-9)23(19,20)14-5-13-12(4-10(14)2)21-8-22-13/h4-5,9,11H,3,6-8H2,1-2H3,(H,17,18). The normalized spacial score (nSPS) is 24.6. The molecule has 0 aliphatic carbocycles. The Morgan fingerprint density at radius 1 is 1.26 bits per heavy atom. The van der Waals surface area contributed by atoms with Crippen molar-refractivity contribution in [2.45, 2.75) is 25.2 Å². The summed E-state index contributed by atoms with van der Waals surface area (Å²) in [7, 11) is -3.78. The molecule has 2 heterocycles. The molecule has 1 saturated heterocycles. The minimum atomic E-state index is -3.78. The van der Waals surface area contributed by atoms with Crippen LogP contribution in [0.2, 0.25) is 0 Å². The van der Waals surface area contributed by atoms with E-state index in [1.165, 1.54) is 10.4 Å². The van der Waals surface area contributed by atoms with Crippen molar-refractivity contribution in [3.63, 3.8) is 0 Å². The Morgan fingerprint density at radius 3 is 2.57 bits per heavy atom. The molecule has 0 amide bonds. The van der Waals surface area contributed by atoms with Crippen LogP contribution in [0.4, 0.5) is 0 Å². The van der Waals surface area contributed by atoms with E-state index in [0.29, 0.717) is 30.0 Å². The monoisotopic (exact) mass is 341 g/mol. The van der Waals surface area contributed by atoms with Gasteiger partial charge in [-0.1, -0.05) is 6.92 Å². The molecule has 0 radical (unpaired) electrons. The fourth-order valence-electron chi connectivity index (χ4n) is 3.12. The van der Waals surface area contributed by atoms with Gasteiger partial charge in [-0.15, -0.1) is 0 Å². The van der Waals surface area contributed by atoms with Gasteiger partial charge in [-0.05, 0) is 30.9 Å². The van der Waals surface area contributed by atoms with Crippen LogP contribution in [0.5, 0.6) is 11.5 Å². The predicted octanol–water partition coefficient (Wildman–Crippen LogP) is 1.46. The molecule has 126 valence electrons. The molecule has 2 aliphatic heterocycles. The second-order valence-corrected chi connectivity index (χ2v) is 8.08. The lowest BCUT2D eigenvalue weighted by Gasteiger charge is -2.34. The van der Waals surface area contributed by atoms with Crippen molar-refractivity contribution >= 4 is 16.0 Å². The zero-order chi connectivity index (χ0) is 16.8. The molecule has 3 rings (SSSR count). The van der Waals surface area contributed by atoms with E-state index in [2.05, 4.69) is 0 Å². The molecule has 2 aliphatic rings. The summed E-state index contributed by atoms with van der Waals surface area (Å²) >= 11 is 0. The highest BCUT2D eigenvalue weighted by Crippen LogP contribution is 2.38. The average Bonchev–Trinajstić information content (AvgIpc) is 2.92. The molecular formula is C15H19NO6S. The number of nitrogens with zero attached hydrogens (tertiary/aromatic N) is 1. The van der Waals surface area contributed by atoms with Crippen molar-refractivity contribution in [1.29, 1.82) is 0 Å². The van der Waals surface area contributed by atoms with Gasteiger partial charge in [0, 0.05) is 19.2 Å². The Kier molecular flexibility index (Phi) is 3.97. The number of carboxylic acid groups (broad SMARTS) is 1. The van der Waals surface area contributed by atoms with E-state index in [4.69, 9.17) is 9.47 Å². The van der Waals surface area contributed by atoms with Crippen LogP contribution in [0.1, 0.15) is 18.9 Å². The molecule has 7 nitrogen and oxygen atoms in total. The van der Waals surface area contributed by atoms with Crippen molar-refractivity contribution in [2.24, 2.45) is 11.8 Å². The van der Waals surface area contributed by atoms with Crippen LogP contribution in [-0.4, -0.2) is 43.7 Å². The summed E-state index contributed by atoms with van der Waals surface area (Å²) in [6.07, 6.45) is 0.488. The highest BCUT2D eigenvalue weighted by Gasteiger charge is 2.37. The van der Waals surface area contributed by atoms with Crippen LogP contribution >= 0.6 is 0 Å². The molecule has 8 heteroatoms. The molecule has 0 bridgehead atoms. The minimum Gasteiger partial charge on any atom is -0.481 e. The van der Waals surface area contributed by atoms with Crippen molar-refractivity contribution in [2.75, 3.05) is 19.9 Å². The lowest BCUT2D eigenvalue weighted by Crippen LogP contribution is -2.45. The number of benzene rings is 1. The fraction of sp³-hybridized carbons (Fsp3) is 0.533. The van der Waals surface area contributed by atoms with Gasteiger partial charge in [0.25, 0.3) is 0 Å². The highest BCUT2D eigenvalue weighted by atomic mass is 32.2. The van der Waals surface area contributed by atoms with Gasteiger partial charge in [0.05, 0.1) is 10.8 Å². The van der Waals surface area contributed by atoms with Gasteiger partial charge >= 0.3 is 5.97 Å². The van der Waals surface area contributed by atoms with Gasteiger partial charge in [0.1, 0.15) is 0 Å². The average molecular weight is 341 g/mol. The first-order valence-corrected chi connectivity index (χ1v) is 8.86. The summed E-state index contributed by atoms with van der Waals surface area (Å²) in [5.74, 6) is -0.721. The second kappa shape index (κ2) is 5.68. The van der Waals surface area contributed by atoms with Gasteiger partial charge in [0.2, 0.25) is 16.8 Å². The maximum absolute atomic E-state index is 13.0. The summed E-state index contributed by atoms with van der Waals surface area (Å²) in [6, 6.07) is 3.10. The van der Waals surface area contributed by atoms with E-state index in [9.17, 15) is 18.3 Å². The van der Waals surface area contributed by atoms with Gasteiger partial charge in [-0.25, -0.2) is 8.42 Å². The number of aryl methyl sites for hydroxylation is 1. The third-order valence-corrected chi connectivity index (χ3v) is 6.24. The summed E-state index contributed by atoms with van der Waals surface area (Å²) in [6.45, 7) is 3.94. The zero-order valence-electron chi connectivity index (χ0n) is 13.0. The van der Waals surface area contributed by atoms with E-state index < -0.39 is 21.9 Å². The van der Waals surface area contributed by atoms with Crippen LogP contribution < -0.4 is 9.47 Å². The number of carboxylic acids is 1. The first kappa shape index (κ1) is 16.1. The fourth-order valence-corrected chi connectivity index (χ4v) is 4.95. The van der Waals surface area contributed by atoms with Gasteiger partial charge < -0.3 is 14.6 Å². The lowest BCUT2D eigenvalue weighted by molar-refractivity contribution is -0.143. The minimum absolute atomic E-state index is 0.00408. The molecule has 2 unspecified atom stereocenters. The van der Waals surface area contributed by atoms with Crippen molar-refractivity contribution in [3.05, 3.63) is 17.7 Å². The van der Waals surface area contributed by atoms with Crippen LogP contribution in [0.15, 0.2) is 17.0 Å². The summed E-state index contributed by atoms with van der Waals surface area (Å²) in [5, 5.41) is 9.23. The summed E-state index contributed by atoms with van der Waals surface area (Å²) < 4.78 is 37.7. The third kappa shape index (κ3) is 2.88. The number of rotatable bonds is 3. The smallest absolute Gasteiger partial charge is 0.307 e. The number of aliphatic carboxylic acids is 1. The van der Waals surface area contributed by atoms with Crippen LogP contribution in [0.3, 0.4) is 0 Å². The number of sulfonamides is 1. The van der Waals surface area contributed by atoms with E-state index in [0.717, 1.165) is 0 Å². The predicted molar refractivity (Wildman–Crippen MR) is 81.0 cm³/mol. The van der Waals surface area contributed by atoms with E-state index in [1.54, 1.807) is 13.0 Å².